The average Bonchev–Trinajstić information content (AvgIpc) is 2.64. The Bertz CT molecular complexity index is 742. The fraction of sp³-hybridized carbons (Fsp3) is 0. The highest BCUT2D eigenvalue weighted by atomic mass is 32.1. The van der Waals surface area contributed by atoms with Crippen molar-refractivity contribution in [3.05, 3.63) is 59.1 Å². The molecule has 0 spiro atoms. The molecule has 0 atom stereocenters. The summed E-state index contributed by atoms with van der Waals surface area (Å²) >= 11 is 5.26. The van der Waals surface area contributed by atoms with Crippen molar-refractivity contribution in [2.75, 3.05) is 0 Å². The first-order valence-electron chi connectivity index (χ1n) is 5.21. The molecule has 0 amide bonds. The summed E-state index contributed by atoms with van der Waals surface area (Å²) in [5.74, 6) is -0.269. The summed E-state index contributed by atoms with van der Waals surface area (Å²) < 4.78 is 15.6. The third-order valence-corrected chi connectivity index (χ3v) is 2.94. The number of nitrogens with zero attached hydrogens (tertiary/aromatic N) is 1. The van der Waals surface area contributed by atoms with Crippen LogP contribution in [-0.2, 0) is 0 Å². The maximum atomic E-state index is 13.2. The van der Waals surface area contributed by atoms with E-state index in [0.29, 0.717) is 4.77 Å². The van der Waals surface area contributed by atoms with E-state index in [-0.39, 0.29) is 5.82 Å². The number of benzene rings is 2. The molecule has 0 aliphatic heterocycles. The lowest BCUT2D eigenvalue weighted by Gasteiger charge is -2.04. The molecule has 3 rings (SSSR count). The Morgan fingerprint density at radius 2 is 1.88 bits per heavy atom. The van der Waals surface area contributed by atoms with E-state index in [2.05, 4.69) is 4.98 Å². The van der Waals surface area contributed by atoms with Gasteiger partial charge in [0.1, 0.15) is 5.82 Å². The van der Waals surface area contributed by atoms with Gasteiger partial charge in [-0.25, -0.2) is 4.39 Å². The van der Waals surface area contributed by atoms with Gasteiger partial charge >= 0.3 is 0 Å². The lowest BCUT2D eigenvalue weighted by molar-refractivity contribution is 0.626. The summed E-state index contributed by atoms with van der Waals surface area (Å²) in [5, 5.41) is 0. The summed E-state index contributed by atoms with van der Waals surface area (Å²) in [6.45, 7) is 0. The van der Waals surface area contributed by atoms with E-state index in [9.17, 15) is 4.39 Å². The number of aromatic amines is 1. The van der Waals surface area contributed by atoms with Crippen molar-refractivity contribution in [1.82, 2.24) is 9.55 Å². The summed E-state index contributed by atoms with van der Waals surface area (Å²) in [7, 11) is 0. The molecule has 0 bridgehead atoms. The minimum absolute atomic E-state index is 0.269. The maximum Gasteiger partial charge on any atom is 0.182 e. The molecular formula is C13H9FN2S. The van der Waals surface area contributed by atoms with Gasteiger partial charge in [-0.15, -0.1) is 0 Å². The van der Waals surface area contributed by atoms with Crippen LogP contribution in [0.1, 0.15) is 0 Å². The van der Waals surface area contributed by atoms with Crippen molar-refractivity contribution in [2.24, 2.45) is 0 Å². The van der Waals surface area contributed by atoms with Gasteiger partial charge in [0.2, 0.25) is 0 Å². The Kier molecular flexibility index (Phi) is 2.30. The quantitative estimate of drug-likeness (QED) is 0.645. The van der Waals surface area contributed by atoms with Crippen molar-refractivity contribution in [3.63, 3.8) is 0 Å². The number of rotatable bonds is 1. The zero-order chi connectivity index (χ0) is 11.8. The van der Waals surface area contributed by atoms with Crippen LogP contribution < -0.4 is 0 Å². The molecule has 0 aliphatic carbocycles. The molecule has 1 heterocycles. The van der Waals surface area contributed by atoms with Crippen LogP contribution in [0.15, 0.2) is 48.5 Å². The first kappa shape index (κ1) is 10.2. The molecule has 0 saturated heterocycles. The van der Waals surface area contributed by atoms with E-state index in [4.69, 9.17) is 12.2 Å². The van der Waals surface area contributed by atoms with Gasteiger partial charge in [0.25, 0.3) is 0 Å². The number of halogens is 1. The Labute approximate surface area is 102 Å². The van der Waals surface area contributed by atoms with E-state index < -0.39 is 0 Å². The van der Waals surface area contributed by atoms with Crippen molar-refractivity contribution < 1.29 is 4.39 Å². The van der Waals surface area contributed by atoms with Crippen LogP contribution in [0, 0.1) is 10.6 Å². The summed E-state index contributed by atoms with van der Waals surface area (Å²) in [6, 6.07) is 14.2. The van der Waals surface area contributed by atoms with E-state index in [1.54, 1.807) is 6.07 Å². The van der Waals surface area contributed by atoms with Crippen molar-refractivity contribution >= 4 is 23.3 Å². The monoisotopic (exact) mass is 244 g/mol. The molecular weight excluding hydrogens is 235 g/mol. The Balaban J connectivity index is 2.37. The van der Waals surface area contributed by atoms with Gasteiger partial charge in [0.05, 0.1) is 16.7 Å². The molecule has 0 fully saturated rings. The predicted octanol–water partition coefficient (Wildman–Crippen LogP) is 3.83. The zero-order valence-electron chi connectivity index (χ0n) is 8.85. The molecule has 17 heavy (non-hydrogen) atoms. The second-order valence-electron chi connectivity index (χ2n) is 3.76. The molecule has 1 aromatic heterocycles. The lowest BCUT2D eigenvalue weighted by atomic mass is 10.3. The molecule has 0 radical (unpaired) electrons. The van der Waals surface area contributed by atoms with Crippen LogP contribution in [-0.4, -0.2) is 9.55 Å². The number of H-pyrrole nitrogens is 1. The van der Waals surface area contributed by atoms with Crippen LogP contribution in [0.4, 0.5) is 4.39 Å². The molecule has 0 unspecified atom stereocenters. The molecule has 0 aliphatic rings. The first-order chi connectivity index (χ1) is 8.25. The van der Waals surface area contributed by atoms with Gasteiger partial charge in [-0.2, -0.15) is 0 Å². The van der Waals surface area contributed by atoms with Crippen LogP contribution in [0.2, 0.25) is 0 Å². The number of para-hydroxylation sites is 2. The SMILES string of the molecule is Fc1cccc(-n2c(=S)[nH]c3ccccc32)c1. The zero-order valence-corrected chi connectivity index (χ0v) is 9.67. The molecule has 4 heteroatoms. The highest BCUT2D eigenvalue weighted by Gasteiger charge is 2.05. The van der Waals surface area contributed by atoms with Crippen LogP contribution >= 0.6 is 12.2 Å². The van der Waals surface area contributed by atoms with Gasteiger partial charge < -0.3 is 4.98 Å². The summed E-state index contributed by atoms with van der Waals surface area (Å²) in [6.07, 6.45) is 0. The van der Waals surface area contributed by atoms with Crippen molar-refractivity contribution in [2.45, 2.75) is 0 Å². The van der Waals surface area contributed by atoms with E-state index in [0.717, 1.165) is 16.7 Å². The highest BCUT2D eigenvalue weighted by Crippen LogP contribution is 2.19. The smallest absolute Gasteiger partial charge is 0.182 e. The summed E-state index contributed by atoms with van der Waals surface area (Å²) in [4.78, 5) is 3.10. The van der Waals surface area contributed by atoms with Crippen molar-refractivity contribution in [3.8, 4) is 5.69 Å². The Morgan fingerprint density at radius 3 is 2.71 bits per heavy atom. The Hall–Kier alpha value is -1.94. The number of fused-ring (bicyclic) bond motifs is 1. The molecule has 1 N–H and O–H groups in total. The second kappa shape index (κ2) is 3.82. The van der Waals surface area contributed by atoms with Gasteiger partial charge in [-0.1, -0.05) is 18.2 Å². The fourth-order valence-electron chi connectivity index (χ4n) is 1.93. The maximum absolute atomic E-state index is 13.2. The number of hydrogen-bond donors (Lipinski definition) is 1. The van der Waals surface area contributed by atoms with Crippen molar-refractivity contribution in [1.29, 1.82) is 0 Å². The normalized spacial score (nSPS) is 10.9. The number of imidazole rings is 1. The van der Waals surface area contributed by atoms with Crippen LogP contribution in [0.5, 0.6) is 0 Å². The van der Waals surface area contributed by atoms with E-state index >= 15 is 0 Å². The van der Waals surface area contributed by atoms with Gasteiger partial charge in [-0.05, 0) is 42.5 Å². The highest BCUT2D eigenvalue weighted by molar-refractivity contribution is 7.71. The minimum Gasteiger partial charge on any atom is -0.330 e. The first-order valence-corrected chi connectivity index (χ1v) is 5.62. The Morgan fingerprint density at radius 1 is 1.06 bits per heavy atom. The predicted molar refractivity (Wildman–Crippen MR) is 68.4 cm³/mol. The van der Waals surface area contributed by atoms with E-state index in [1.165, 1.54) is 12.1 Å². The topological polar surface area (TPSA) is 20.7 Å². The van der Waals surface area contributed by atoms with Gasteiger partial charge in [0.15, 0.2) is 4.77 Å². The van der Waals surface area contributed by atoms with E-state index in [1.807, 2.05) is 34.9 Å². The lowest BCUT2D eigenvalue weighted by Crippen LogP contribution is -1.94. The molecule has 0 saturated carbocycles. The number of hydrogen-bond acceptors (Lipinski definition) is 1. The van der Waals surface area contributed by atoms with Crippen LogP contribution in [0.25, 0.3) is 16.7 Å². The van der Waals surface area contributed by atoms with Crippen LogP contribution in [0.3, 0.4) is 0 Å². The third kappa shape index (κ3) is 1.66. The third-order valence-electron chi connectivity index (χ3n) is 2.66. The largest absolute Gasteiger partial charge is 0.330 e. The second-order valence-corrected chi connectivity index (χ2v) is 4.15. The summed E-state index contributed by atoms with van der Waals surface area (Å²) in [5.41, 5.74) is 2.62. The standard InChI is InChI=1S/C13H9FN2S/c14-9-4-3-5-10(8-9)16-12-7-2-1-6-11(12)15-13(16)17/h1-8H,(H,15,17). The molecule has 2 nitrogen and oxygen atoms in total. The number of nitrogens with one attached hydrogen (secondary N) is 1. The number of aromatic nitrogens is 2. The fourth-order valence-corrected chi connectivity index (χ4v) is 2.24. The molecule has 2 aromatic carbocycles. The van der Waals surface area contributed by atoms with Gasteiger partial charge in [-0.3, -0.25) is 4.57 Å². The molecule has 3 aromatic rings. The van der Waals surface area contributed by atoms with Gasteiger partial charge in [0, 0.05) is 0 Å². The molecule has 84 valence electrons. The minimum atomic E-state index is -0.269. The average molecular weight is 244 g/mol.